The zero-order valence-electron chi connectivity index (χ0n) is 15.6. The SMILES string of the molecule is C[C@H]1C(=O)Nc2ccc(C(=O)COC(=O)c3ccc4c(c3)NC(=O)CCS4)cc21. The lowest BCUT2D eigenvalue weighted by Gasteiger charge is -2.09. The number of amides is 2. The van der Waals surface area contributed by atoms with Gasteiger partial charge in [-0.05, 0) is 48.9 Å². The smallest absolute Gasteiger partial charge is 0.338 e. The van der Waals surface area contributed by atoms with E-state index in [0.717, 1.165) is 10.5 Å². The van der Waals surface area contributed by atoms with E-state index in [1.165, 1.54) is 0 Å². The van der Waals surface area contributed by atoms with Gasteiger partial charge in [-0.3, -0.25) is 14.4 Å². The zero-order valence-corrected chi connectivity index (χ0v) is 16.4. The molecule has 0 aliphatic carbocycles. The normalized spacial score (nSPS) is 17.5. The summed E-state index contributed by atoms with van der Waals surface area (Å²) in [6, 6.07) is 9.87. The molecule has 2 N–H and O–H groups in total. The van der Waals surface area contributed by atoms with E-state index in [2.05, 4.69) is 10.6 Å². The lowest BCUT2D eigenvalue weighted by molar-refractivity contribution is -0.117. The topological polar surface area (TPSA) is 102 Å². The summed E-state index contributed by atoms with van der Waals surface area (Å²) in [6.07, 6.45) is 0.411. The van der Waals surface area contributed by atoms with Crippen molar-refractivity contribution in [3.8, 4) is 0 Å². The van der Waals surface area contributed by atoms with Crippen molar-refractivity contribution in [3.63, 3.8) is 0 Å². The van der Waals surface area contributed by atoms with Crippen molar-refractivity contribution in [3.05, 3.63) is 53.1 Å². The number of hydrogen-bond donors (Lipinski definition) is 2. The summed E-state index contributed by atoms with van der Waals surface area (Å²) >= 11 is 1.54. The van der Waals surface area contributed by atoms with Crippen LogP contribution < -0.4 is 10.6 Å². The van der Waals surface area contributed by atoms with Gasteiger partial charge in [0, 0.05) is 28.3 Å². The van der Waals surface area contributed by atoms with Gasteiger partial charge < -0.3 is 15.4 Å². The molecule has 29 heavy (non-hydrogen) atoms. The van der Waals surface area contributed by atoms with Crippen molar-refractivity contribution in [1.82, 2.24) is 0 Å². The molecule has 148 valence electrons. The molecule has 7 nitrogen and oxygen atoms in total. The second-order valence-corrected chi connectivity index (χ2v) is 8.01. The van der Waals surface area contributed by atoms with E-state index in [1.54, 1.807) is 55.1 Å². The fourth-order valence-electron chi connectivity index (χ4n) is 3.24. The van der Waals surface area contributed by atoms with Gasteiger partial charge in [0.1, 0.15) is 0 Å². The van der Waals surface area contributed by atoms with Gasteiger partial charge in [0.2, 0.25) is 11.8 Å². The maximum Gasteiger partial charge on any atom is 0.338 e. The molecule has 8 heteroatoms. The molecule has 0 saturated carbocycles. The Bertz CT molecular complexity index is 1050. The number of carbonyl (C=O) groups is 4. The van der Waals surface area contributed by atoms with Crippen molar-refractivity contribution in [1.29, 1.82) is 0 Å². The third kappa shape index (κ3) is 3.88. The molecular weight excluding hydrogens is 392 g/mol. The Hall–Kier alpha value is -3.13. The summed E-state index contributed by atoms with van der Waals surface area (Å²) in [5, 5.41) is 5.52. The number of esters is 1. The van der Waals surface area contributed by atoms with Gasteiger partial charge in [-0.2, -0.15) is 0 Å². The van der Waals surface area contributed by atoms with Crippen molar-refractivity contribution in [2.24, 2.45) is 0 Å². The Morgan fingerprint density at radius 3 is 2.69 bits per heavy atom. The molecule has 0 fully saturated rings. The van der Waals surface area contributed by atoms with Crippen LogP contribution in [0.4, 0.5) is 11.4 Å². The number of benzene rings is 2. The van der Waals surface area contributed by atoms with Crippen LogP contribution in [0.25, 0.3) is 0 Å². The van der Waals surface area contributed by atoms with Gasteiger partial charge in [-0.25, -0.2) is 4.79 Å². The summed E-state index contributed by atoms with van der Waals surface area (Å²) in [6.45, 7) is 1.36. The van der Waals surface area contributed by atoms with E-state index in [4.69, 9.17) is 4.74 Å². The highest BCUT2D eigenvalue weighted by molar-refractivity contribution is 7.99. The molecule has 2 heterocycles. The predicted octanol–water partition coefficient (Wildman–Crippen LogP) is 3.22. The summed E-state index contributed by atoms with van der Waals surface area (Å²) in [5.41, 5.74) is 2.66. The van der Waals surface area contributed by atoms with E-state index in [1.807, 2.05) is 0 Å². The number of rotatable bonds is 4. The summed E-state index contributed by atoms with van der Waals surface area (Å²) in [4.78, 5) is 49.1. The van der Waals surface area contributed by atoms with Gasteiger partial charge in [-0.1, -0.05) is 0 Å². The first kappa shape index (κ1) is 19.2. The van der Waals surface area contributed by atoms with Crippen molar-refractivity contribution in [2.75, 3.05) is 23.0 Å². The van der Waals surface area contributed by atoms with Gasteiger partial charge in [0.05, 0.1) is 17.2 Å². The largest absolute Gasteiger partial charge is 0.454 e. The molecule has 2 aliphatic rings. The minimum absolute atomic E-state index is 0.101. The molecule has 0 spiro atoms. The van der Waals surface area contributed by atoms with Crippen LogP contribution in [0, 0.1) is 0 Å². The van der Waals surface area contributed by atoms with Crippen LogP contribution in [0.15, 0.2) is 41.3 Å². The number of thioether (sulfide) groups is 1. The Balaban J connectivity index is 1.43. The third-order valence-corrected chi connectivity index (χ3v) is 5.98. The predicted molar refractivity (Wildman–Crippen MR) is 109 cm³/mol. The van der Waals surface area contributed by atoms with Crippen LogP contribution >= 0.6 is 11.8 Å². The maximum atomic E-state index is 12.4. The molecule has 0 radical (unpaired) electrons. The minimum Gasteiger partial charge on any atom is -0.454 e. The van der Waals surface area contributed by atoms with Crippen molar-refractivity contribution in [2.45, 2.75) is 24.2 Å². The molecule has 2 aliphatic heterocycles. The number of ether oxygens (including phenoxy) is 1. The fourth-order valence-corrected chi connectivity index (χ4v) is 4.17. The fraction of sp³-hybridized carbons (Fsp3) is 0.238. The Morgan fingerprint density at radius 1 is 1.07 bits per heavy atom. The molecule has 2 amide bonds. The molecule has 2 aromatic rings. The highest BCUT2D eigenvalue weighted by Gasteiger charge is 2.27. The minimum atomic E-state index is -0.643. The summed E-state index contributed by atoms with van der Waals surface area (Å²) in [5.74, 6) is -0.854. The quantitative estimate of drug-likeness (QED) is 0.593. The Kier molecular flexibility index (Phi) is 5.10. The van der Waals surface area contributed by atoms with Crippen LogP contribution in [0.5, 0.6) is 0 Å². The first-order chi connectivity index (χ1) is 13.9. The second-order valence-electron chi connectivity index (χ2n) is 6.87. The molecule has 0 aromatic heterocycles. The molecule has 0 unspecified atom stereocenters. The van der Waals surface area contributed by atoms with Crippen LogP contribution in [-0.2, 0) is 14.3 Å². The molecular formula is C21H18N2O5S. The second kappa shape index (κ2) is 7.71. The van der Waals surface area contributed by atoms with E-state index >= 15 is 0 Å². The first-order valence-electron chi connectivity index (χ1n) is 9.14. The number of Topliss-reactive ketones (excluding diaryl/α,β-unsaturated/α-hetero) is 1. The monoisotopic (exact) mass is 410 g/mol. The average Bonchev–Trinajstić information content (AvgIpc) is 2.87. The average molecular weight is 410 g/mol. The number of ketones is 1. The molecule has 2 aromatic carbocycles. The highest BCUT2D eigenvalue weighted by Crippen LogP contribution is 2.33. The van der Waals surface area contributed by atoms with E-state index in [0.29, 0.717) is 29.1 Å². The number of nitrogens with one attached hydrogen (secondary N) is 2. The summed E-state index contributed by atoms with van der Waals surface area (Å²) in [7, 11) is 0. The summed E-state index contributed by atoms with van der Waals surface area (Å²) < 4.78 is 5.17. The van der Waals surface area contributed by atoms with Gasteiger partial charge in [0.25, 0.3) is 0 Å². The van der Waals surface area contributed by atoms with E-state index in [9.17, 15) is 19.2 Å². The number of fused-ring (bicyclic) bond motifs is 2. The van der Waals surface area contributed by atoms with E-state index in [-0.39, 0.29) is 29.1 Å². The molecule has 4 rings (SSSR count). The van der Waals surface area contributed by atoms with Crippen LogP contribution in [0.2, 0.25) is 0 Å². The highest BCUT2D eigenvalue weighted by atomic mass is 32.2. The molecule has 0 bridgehead atoms. The molecule has 1 atom stereocenters. The maximum absolute atomic E-state index is 12.4. The number of hydrogen-bond acceptors (Lipinski definition) is 6. The Labute approximate surface area is 171 Å². The van der Waals surface area contributed by atoms with E-state index < -0.39 is 12.6 Å². The zero-order chi connectivity index (χ0) is 20.5. The van der Waals surface area contributed by atoms with Crippen molar-refractivity contribution < 1.29 is 23.9 Å². The van der Waals surface area contributed by atoms with Crippen LogP contribution in [-0.4, -0.2) is 35.9 Å². The molecule has 0 saturated heterocycles. The van der Waals surface area contributed by atoms with Gasteiger partial charge >= 0.3 is 5.97 Å². The lowest BCUT2D eigenvalue weighted by atomic mass is 9.99. The first-order valence-corrected chi connectivity index (χ1v) is 10.1. The third-order valence-electron chi connectivity index (χ3n) is 4.90. The van der Waals surface area contributed by atoms with Gasteiger partial charge in [0.15, 0.2) is 12.4 Å². The van der Waals surface area contributed by atoms with Gasteiger partial charge in [-0.15, -0.1) is 11.8 Å². The lowest BCUT2D eigenvalue weighted by Crippen LogP contribution is -2.15. The van der Waals surface area contributed by atoms with Crippen LogP contribution in [0.1, 0.15) is 45.5 Å². The van der Waals surface area contributed by atoms with Crippen molar-refractivity contribution >= 4 is 46.7 Å². The number of anilines is 2. The van der Waals surface area contributed by atoms with Crippen LogP contribution in [0.3, 0.4) is 0 Å². The Morgan fingerprint density at radius 2 is 1.86 bits per heavy atom. The standard InChI is InChI=1S/C21H18N2O5S/c1-11-14-8-12(2-4-15(14)23-20(11)26)17(24)10-28-21(27)13-3-5-18-16(9-13)22-19(25)6-7-29-18/h2-5,8-9,11H,6-7,10H2,1H3,(H,22,25)(H,23,26)/t11-/m1/s1. The number of carbonyl (C=O) groups excluding carboxylic acids is 4.